The molecule has 1 rings (SSSR count). The van der Waals surface area contributed by atoms with Gasteiger partial charge in [-0.05, 0) is 30.5 Å². The van der Waals surface area contributed by atoms with E-state index in [4.69, 9.17) is 20.4 Å². The average molecular weight is 326 g/mol. The van der Waals surface area contributed by atoms with Crippen molar-refractivity contribution in [2.75, 3.05) is 6.61 Å². The molecule has 0 aliphatic heterocycles. The number of phenols is 1. The zero-order valence-electron chi connectivity index (χ0n) is 13.3. The van der Waals surface area contributed by atoms with E-state index >= 15 is 0 Å². The van der Waals surface area contributed by atoms with E-state index < -0.39 is 11.9 Å². The number of rotatable bonds is 10. The third kappa shape index (κ3) is 14.6. The summed E-state index contributed by atoms with van der Waals surface area (Å²) >= 11 is 0. The SMILES string of the molecule is O=C(O)CCCCCCCCO.O=C(O)Cc1ccc(O)cc1. The molecule has 130 valence electrons. The van der Waals surface area contributed by atoms with Crippen molar-refractivity contribution in [3.63, 3.8) is 0 Å². The van der Waals surface area contributed by atoms with Crippen molar-refractivity contribution >= 4 is 11.9 Å². The number of aromatic hydroxyl groups is 1. The number of aliphatic carboxylic acids is 2. The van der Waals surface area contributed by atoms with Gasteiger partial charge >= 0.3 is 11.9 Å². The van der Waals surface area contributed by atoms with E-state index in [-0.39, 0.29) is 18.8 Å². The van der Waals surface area contributed by atoms with Crippen molar-refractivity contribution in [2.24, 2.45) is 0 Å². The molecule has 6 heteroatoms. The maximum absolute atomic E-state index is 10.2. The first-order valence-corrected chi connectivity index (χ1v) is 7.78. The van der Waals surface area contributed by atoms with Gasteiger partial charge in [0.25, 0.3) is 0 Å². The van der Waals surface area contributed by atoms with Crippen LogP contribution in [0.4, 0.5) is 0 Å². The van der Waals surface area contributed by atoms with Crippen LogP contribution in [0.1, 0.15) is 50.5 Å². The molecule has 0 saturated carbocycles. The van der Waals surface area contributed by atoms with Crippen LogP contribution in [-0.2, 0) is 16.0 Å². The largest absolute Gasteiger partial charge is 0.508 e. The quantitative estimate of drug-likeness (QED) is 0.491. The first-order chi connectivity index (χ1) is 11.0. The Bertz CT molecular complexity index is 441. The number of hydrogen-bond acceptors (Lipinski definition) is 4. The molecule has 0 bridgehead atoms. The second kappa shape index (κ2) is 13.6. The van der Waals surface area contributed by atoms with Gasteiger partial charge in [-0.15, -0.1) is 0 Å². The second-order valence-corrected chi connectivity index (χ2v) is 5.23. The minimum Gasteiger partial charge on any atom is -0.508 e. The van der Waals surface area contributed by atoms with Crippen molar-refractivity contribution in [2.45, 2.75) is 51.4 Å². The Morgan fingerprint density at radius 1 is 0.783 bits per heavy atom. The number of benzene rings is 1. The van der Waals surface area contributed by atoms with Crippen molar-refractivity contribution in [1.29, 1.82) is 0 Å². The maximum atomic E-state index is 10.2. The van der Waals surface area contributed by atoms with Crippen molar-refractivity contribution < 1.29 is 30.0 Å². The zero-order chi connectivity index (χ0) is 17.5. The Balaban J connectivity index is 0.000000422. The molecule has 0 amide bonds. The first-order valence-electron chi connectivity index (χ1n) is 7.78. The minimum atomic E-state index is -0.865. The van der Waals surface area contributed by atoms with Crippen molar-refractivity contribution in [3.8, 4) is 5.75 Å². The van der Waals surface area contributed by atoms with E-state index in [1.54, 1.807) is 12.1 Å². The highest BCUT2D eigenvalue weighted by atomic mass is 16.4. The highest BCUT2D eigenvalue weighted by Gasteiger charge is 1.98. The van der Waals surface area contributed by atoms with Crippen molar-refractivity contribution in [3.05, 3.63) is 29.8 Å². The van der Waals surface area contributed by atoms with Gasteiger partial charge in [-0.3, -0.25) is 9.59 Å². The van der Waals surface area contributed by atoms with Gasteiger partial charge in [-0.1, -0.05) is 37.8 Å². The fourth-order valence-electron chi connectivity index (χ4n) is 1.88. The van der Waals surface area contributed by atoms with Gasteiger partial charge < -0.3 is 20.4 Å². The predicted octanol–water partition coefficient (Wildman–Crippen LogP) is 2.81. The molecule has 0 spiro atoms. The number of carboxylic acid groups (broad SMARTS) is 2. The highest BCUT2D eigenvalue weighted by Crippen LogP contribution is 2.09. The average Bonchev–Trinajstić information content (AvgIpc) is 2.49. The van der Waals surface area contributed by atoms with Crippen LogP contribution in [0, 0.1) is 0 Å². The van der Waals surface area contributed by atoms with E-state index in [1.165, 1.54) is 12.1 Å². The molecule has 23 heavy (non-hydrogen) atoms. The molecule has 0 saturated heterocycles. The Morgan fingerprint density at radius 2 is 1.30 bits per heavy atom. The van der Waals surface area contributed by atoms with Crippen LogP contribution in [-0.4, -0.2) is 39.0 Å². The molecule has 1 aromatic rings. The monoisotopic (exact) mass is 326 g/mol. The Kier molecular flexibility index (Phi) is 12.3. The van der Waals surface area contributed by atoms with E-state index in [0.29, 0.717) is 12.0 Å². The number of aliphatic hydroxyl groups excluding tert-OH is 1. The molecular weight excluding hydrogens is 300 g/mol. The van der Waals surface area contributed by atoms with E-state index in [2.05, 4.69) is 0 Å². The molecule has 0 radical (unpaired) electrons. The zero-order valence-corrected chi connectivity index (χ0v) is 13.3. The van der Waals surface area contributed by atoms with Crippen LogP contribution < -0.4 is 0 Å². The summed E-state index contributed by atoms with van der Waals surface area (Å²) in [4.78, 5) is 20.3. The topological polar surface area (TPSA) is 115 Å². The molecule has 0 atom stereocenters. The third-order valence-corrected chi connectivity index (χ3v) is 3.09. The van der Waals surface area contributed by atoms with Gasteiger partial charge in [-0.2, -0.15) is 0 Å². The van der Waals surface area contributed by atoms with Crippen LogP contribution in [0.15, 0.2) is 24.3 Å². The fourth-order valence-corrected chi connectivity index (χ4v) is 1.88. The summed E-state index contributed by atoms with van der Waals surface area (Å²) in [6.45, 7) is 0.273. The fraction of sp³-hybridized carbons (Fsp3) is 0.529. The van der Waals surface area contributed by atoms with Gasteiger partial charge in [0.15, 0.2) is 0 Å². The molecule has 4 N–H and O–H groups in total. The lowest BCUT2D eigenvalue weighted by atomic mass is 10.1. The summed E-state index contributed by atoms with van der Waals surface area (Å²) in [5, 5.41) is 34.0. The molecular formula is C17H26O6. The molecule has 0 aliphatic carbocycles. The molecule has 0 heterocycles. The van der Waals surface area contributed by atoms with Crippen molar-refractivity contribution in [1.82, 2.24) is 0 Å². The van der Waals surface area contributed by atoms with Gasteiger partial charge in [0.2, 0.25) is 0 Å². The summed E-state index contributed by atoms with van der Waals surface area (Å²) in [5.74, 6) is -1.42. The maximum Gasteiger partial charge on any atom is 0.307 e. The molecule has 0 aliphatic rings. The lowest BCUT2D eigenvalue weighted by molar-refractivity contribution is -0.137. The molecule has 0 fully saturated rings. The Morgan fingerprint density at radius 3 is 1.78 bits per heavy atom. The molecule has 1 aromatic carbocycles. The third-order valence-electron chi connectivity index (χ3n) is 3.09. The Hall–Kier alpha value is -2.08. The number of carboxylic acids is 2. The van der Waals surface area contributed by atoms with Gasteiger partial charge in [0.05, 0.1) is 6.42 Å². The van der Waals surface area contributed by atoms with E-state index in [1.807, 2.05) is 0 Å². The molecule has 0 unspecified atom stereocenters. The molecule has 0 aromatic heterocycles. The molecule has 6 nitrogen and oxygen atoms in total. The lowest BCUT2D eigenvalue weighted by Crippen LogP contribution is -1.98. The number of carbonyl (C=O) groups is 2. The van der Waals surface area contributed by atoms with Crippen LogP contribution in [0.25, 0.3) is 0 Å². The number of unbranched alkanes of at least 4 members (excludes halogenated alkanes) is 5. The highest BCUT2D eigenvalue weighted by molar-refractivity contribution is 5.70. The minimum absolute atomic E-state index is 0.000278. The first kappa shape index (κ1) is 20.9. The van der Waals surface area contributed by atoms with E-state index in [0.717, 1.165) is 38.5 Å². The van der Waals surface area contributed by atoms with Crippen LogP contribution in [0.3, 0.4) is 0 Å². The standard InChI is InChI=1S/C9H18O3.C8H8O3/c10-8-6-4-2-1-3-5-7-9(11)12;9-7-3-1-6(2-4-7)5-8(10)11/h10H,1-8H2,(H,11,12);1-4,9H,5H2,(H,10,11). The summed E-state index contributed by atoms with van der Waals surface area (Å²) in [5.41, 5.74) is 0.690. The summed E-state index contributed by atoms with van der Waals surface area (Å²) in [7, 11) is 0. The number of phenolic OH excluding ortho intramolecular Hbond substituents is 1. The van der Waals surface area contributed by atoms with Crippen LogP contribution in [0.5, 0.6) is 5.75 Å². The van der Waals surface area contributed by atoms with Gasteiger partial charge in [0.1, 0.15) is 5.75 Å². The number of aliphatic hydroxyl groups is 1. The normalized spacial score (nSPS) is 9.78. The predicted molar refractivity (Wildman–Crippen MR) is 86.5 cm³/mol. The van der Waals surface area contributed by atoms with Gasteiger partial charge in [0, 0.05) is 13.0 Å². The van der Waals surface area contributed by atoms with Crippen LogP contribution in [0.2, 0.25) is 0 Å². The summed E-state index contributed by atoms with van der Waals surface area (Å²) in [6, 6.07) is 6.11. The smallest absolute Gasteiger partial charge is 0.307 e. The number of hydrogen-bond donors (Lipinski definition) is 4. The van der Waals surface area contributed by atoms with E-state index in [9.17, 15) is 9.59 Å². The van der Waals surface area contributed by atoms with Gasteiger partial charge in [-0.25, -0.2) is 0 Å². The lowest BCUT2D eigenvalue weighted by Gasteiger charge is -1.98. The second-order valence-electron chi connectivity index (χ2n) is 5.23. The summed E-state index contributed by atoms with van der Waals surface area (Å²) < 4.78 is 0. The summed E-state index contributed by atoms with van der Waals surface area (Å²) in [6.07, 6.45) is 6.21. The van der Waals surface area contributed by atoms with Crippen LogP contribution >= 0.6 is 0 Å². The Labute approximate surface area is 136 Å².